The Morgan fingerprint density at radius 3 is 2.83 bits per heavy atom. The summed E-state index contributed by atoms with van der Waals surface area (Å²) in [6, 6.07) is 13.7. The van der Waals surface area contributed by atoms with Gasteiger partial charge in [-0.2, -0.15) is 0 Å². The number of benzene rings is 2. The zero-order valence-corrected chi connectivity index (χ0v) is 16.3. The molecule has 0 saturated carbocycles. The fourth-order valence-electron chi connectivity index (χ4n) is 3.80. The van der Waals surface area contributed by atoms with Crippen LogP contribution in [0.25, 0.3) is 0 Å². The Hall–Kier alpha value is -3.15. The van der Waals surface area contributed by atoms with Crippen molar-refractivity contribution in [1.29, 1.82) is 0 Å². The van der Waals surface area contributed by atoms with E-state index in [0.717, 1.165) is 24.0 Å². The predicted molar refractivity (Wildman–Crippen MR) is 106 cm³/mol. The molecule has 3 aromatic rings. The van der Waals surface area contributed by atoms with Gasteiger partial charge in [-0.3, -0.25) is 4.79 Å². The van der Waals surface area contributed by atoms with Crippen LogP contribution in [-0.4, -0.2) is 29.4 Å². The Morgan fingerprint density at radius 1 is 1.24 bits per heavy atom. The average Bonchev–Trinajstić information content (AvgIpc) is 3.39. The Kier molecular flexibility index (Phi) is 5.60. The lowest BCUT2D eigenvalue weighted by Gasteiger charge is -2.22. The zero-order chi connectivity index (χ0) is 20.2. The smallest absolute Gasteiger partial charge is 0.227 e. The van der Waals surface area contributed by atoms with E-state index in [2.05, 4.69) is 4.98 Å². The molecule has 6 heteroatoms. The molecule has 1 aliphatic rings. The summed E-state index contributed by atoms with van der Waals surface area (Å²) in [5, 5.41) is 0. The largest absolute Gasteiger partial charge is 0.496 e. The number of likely N-dealkylation sites (tertiary alicyclic amines) is 1. The second-order valence-electron chi connectivity index (χ2n) is 7.20. The van der Waals surface area contributed by atoms with E-state index >= 15 is 0 Å². The summed E-state index contributed by atoms with van der Waals surface area (Å²) in [4.78, 5) is 19.2. The number of carbonyl (C=O) groups excluding carboxylic acids is 1. The van der Waals surface area contributed by atoms with E-state index in [-0.39, 0.29) is 24.2 Å². The molecule has 2 aromatic carbocycles. The molecule has 0 bridgehead atoms. The van der Waals surface area contributed by atoms with Gasteiger partial charge in [0.05, 0.1) is 19.7 Å². The first kappa shape index (κ1) is 19.2. The van der Waals surface area contributed by atoms with Crippen molar-refractivity contribution in [2.75, 3.05) is 13.7 Å². The molecule has 5 nitrogen and oxygen atoms in total. The van der Waals surface area contributed by atoms with Crippen LogP contribution < -0.4 is 4.74 Å². The fourth-order valence-corrected chi connectivity index (χ4v) is 3.80. The lowest BCUT2D eigenvalue weighted by Crippen LogP contribution is -2.32. The van der Waals surface area contributed by atoms with Crippen LogP contribution in [0.3, 0.4) is 0 Å². The molecule has 0 N–H and O–H groups in total. The van der Waals surface area contributed by atoms with Crippen LogP contribution in [0.2, 0.25) is 0 Å². The first-order valence-corrected chi connectivity index (χ1v) is 9.74. The zero-order valence-electron chi connectivity index (χ0n) is 16.3. The minimum Gasteiger partial charge on any atom is -0.496 e. The summed E-state index contributed by atoms with van der Waals surface area (Å²) in [5.41, 5.74) is 1.82. The molecule has 1 fully saturated rings. The predicted octanol–water partition coefficient (Wildman–Crippen LogP) is 4.32. The Morgan fingerprint density at radius 2 is 2.03 bits per heavy atom. The normalized spacial score (nSPS) is 16.2. The maximum Gasteiger partial charge on any atom is 0.227 e. The highest BCUT2D eigenvalue weighted by Crippen LogP contribution is 2.33. The van der Waals surface area contributed by atoms with Gasteiger partial charge < -0.3 is 14.1 Å². The number of aromatic nitrogens is 1. The number of hydrogen-bond donors (Lipinski definition) is 0. The number of rotatable bonds is 6. The van der Waals surface area contributed by atoms with Crippen LogP contribution in [0.15, 0.2) is 59.1 Å². The molecule has 0 unspecified atom stereocenters. The number of amides is 1. The highest BCUT2D eigenvalue weighted by Gasteiger charge is 2.33. The van der Waals surface area contributed by atoms with E-state index in [9.17, 15) is 9.18 Å². The minimum atomic E-state index is -0.262. The van der Waals surface area contributed by atoms with Crippen LogP contribution in [0.4, 0.5) is 4.39 Å². The van der Waals surface area contributed by atoms with E-state index in [4.69, 9.17) is 9.15 Å². The summed E-state index contributed by atoms with van der Waals surface area (Å²) >= 11 is 0. The molecule has 2 heterocycles. The Labute approximate surface area is 169 Å². The van der Waals surface area contributed by atoms with Gasteiger partial charge in [0.25, 0.3) is 0 Å². The van der Waals surface area contributed by atoms with Crippen LogP contribution in [0, 0.1) is 5.82 Å². The van der Waals surface area contributed by atoms with Crippen molar-refractivity contribution in [3.8, 4) is 5.75 Å². The first-order chi connectivity index (χ1) is 14.1. The number of carbonyl (C=O) groups is 1. The molecular weight excluding hydrogens is 371 g/mol. The molecule has 4 rings (SSSR count). The fraction of sp³-hybridized carbons (Fsp3) is 0.304. The number of nitrogens with zero attached hydrogens (tertiary/aromatic N) is 2. The van der Waals surface area contributed by atoms with Gasteiger partial charge in [-0.05, 0) is 36.6 Å². The standard InChI is InChI=1S/C23H23FN2O3/c1-28-21-7-3-2-5-17(21)14-22(27)26-12-4-6-20(26)23-25-15-19(29-23)13-16-8-10-18(24)11-9-16/h2-3,5,7-11,15,20H,4,6,12-14H2,1H3/t20-/m1/s1. The molecule has 0 aliphatic carbocycles. The van der Waals surface area contributed by atoms with Crippen LogP contribution in [0.5, 0.6) is 5.75 Å². The molecule has 1 saturated heterocycles. The van der Waals surface area contributed by atoms with E-state index < -0.39 is 0 Å². The molecule has 150 valence electrons. The van der Waals surface area contributed by atoms with Crippen molar-refractivity contribution in [2.24, 2.45) is 0 Å². The van der Waals surface area contributed by atoms with Gasteiger partial charge in [0, 0.05) is 18.5 Å². The van der Waals surface area contributed by atoms with Crippen molar-refractivity contribution < 1.29 is 18.3 Å². The number of ether oxygens (including phenoxy) is 1. The number of halogens is 1. The molecular formula is C23H23FN2O3. The summed E-state index contributed by atoms with van der Waals surface area (Å²) < 4.78 is 24.4. The van der Waals surface area contributed by atoms with Crippen molar-refractivity contribution in [3.63, 3.8) is 0 Å². The highest BCUT2D eigenvalue weighted by molar-refractivity contribution is 5.80. The number of para-hydroxylation sites is 1. The van der Waals surface area contributed by atoms with Gasteiger partial charge in [0.1, 0.15) is 23.4 Å². The van der Waals surface area contributed by atoms with Gasteiger partial charge >= 0.3 is 0 Å². The number of oxazole rings is 1. The monoisotopic (exact) mass is 394 g/mol. The molecule has 1 amide bonds. The third-order valence-corrected chi connectivity index (χ3v) is 5.26. The summed E-state index contributed by atoms with van der Waals surface area (Å²) in [6.45, 7) is 0.689. The van der Waals surface area contributed by atoms with E-state index in [0.29, 0.717) is 30.4 Å². The maximum atomic E-state index is 13.1. The molecule has 29 heavy (non-hydrogen) atoms. The van der Waals surface area contributed by atoms with Gasteiger partial charge in [-0.25, -0.2) is 9.37 Å². The SMILES string of the molecule is COc1ccccc1CC(=O)N1CCC[C@@H]1c1ncc(Cc2ccc(F)cc2)o1. The highest BCUT2D eigenvalue weighted by atomic mass is 19.1. The average molecular weight is 394 g/mol. The van der Waals surface area contributed by atoms with Gasteiger partial charge in [-0.1, -0.05) is 30.3 Å². The van der Waals surface area contributed by atoms with Gasteiger partial charge in [0.2, 0.25) is 11.8 Å². The molecule has 1 aliphatic heterocycles. The maximum absolute atomic E-state index is 13.1. The third-order valence-electron chi connectivity index (χ3n) is 5.26. The van der Waals surface area contributed by atoms with Gasteiger partial charge in [0.15, 0.2) is 0 Å². The van der Waals surface area contributed by atoms with E-state index in [1.807, 2.05) is 29.2 Å². The number of hydrogen-bond acceptors (Lipinski definition) is 4. The molecule has 1 aromatic heterocycles. The van der Waals surface area contributed by atoms with Crippen molar-refractivity contribution >= 4 is 5.91 Å². The quantitative estimate of drug-likeness (QED) is 0.625. The van der Waals surface area contributed by atoms with Crippen molar-refractivity contribution in [2.45, 2.75) is 31.7 Å². The summed E-state index contributed by atoms with van der Waals surface area (Å²) in [7, 11) is 1.61. The number of methoxy groups -OCH3 is 1. The topological polar surface area (TPSA) is 55.6 Å². The van der Waals surface area contributed by atoms with Crippen LogP contribution in [-0.2, 0) is 17.6 Å². The Bertz CT molecular complexity index is 984. The summed E-state index contributed by atoms with van der Waals surface area (Å²) in [6.07, 6.45) is 4.25. The summed E-state index contributed by atoms with van der Waals surface area (Å²) in [5.74, 6) is 1.76. The van der Waals surface area contributed by atoms with Crippen LogP contribution in [0.1, 0.15) is 41.7 Å². The van der Waals surface area contributed by atoms with Gasteiger partial charge in [-0.15, -0.1) is 0 Å². The minimum absolute atomic E-state index is 0.0373. The molecule has 0 radical (unpaired) electrons. The van der Waals surface area contributed by atoms with Crippen molar-refractivity contribution in [1.82, 2.24) is 9.88 Å². The lowest BCUT2D eigenvalue weighted by molar-refractivity contribution is -0.131. The van der Waals surface area contributed by atoms with E-state index in [1.165, 1.54) is 12.1 Å². The molecule has 0 spiro atoms. The van der Waals surface area contributed by atoms with Crippen molar-refractivity contribution in [3.05, 3.63) is 83.3 Å². The Balaban J connectivity index is 1.46. The lowest BCUT2D eigenvalue weighted by atomic mass is 10.1. The molecule has 1 atom stereocenters. The third kappa shape index (κ3) is 4.31. The van der Waals surface area contributed by atoms with Crippen LogP contribution >= 0.6 is 0 Å². The second kappa shape index (κ2) is 8.47. The second-order valence-corrected chi connectivity index (χ2v) is 7.20. The first-order valence-electron chi connectivity index (χ1n) is 9.74. The van der Waals surface area contributed by atoms with E-state index in [1.54, 1.807) is 25.4 Å².